The maximum absolute atomic E-state index is 13.5. The number of aryl methyl sites for hydroxylation is 1. The van der Waals surface area contributed by atoms with Gasteiger partial charge in [0.25, 0.3) is 5.91 Å². The minimum atomic E-state index is -5.08. The Morgan fingerprint density at radius 2 is 1.50 bits per heavy atom. The normalized spacial score (nSPS) is 12.6. The molecule has 34 heavy (non-hydrogen) atoms. The topological polar surface area (TPSA) is 94.2 Å². The first-order valence-corrected chi connectivity index (χ1v) is 11.0. The van der Waals surface area contributed by atoms with Gasteiger partial charge in [-0.15, -0.1) is 0 Å². The molecule has 0 aliphatic carbocycles. The number of primary sulfonamides is 1. The van der Waals surface area contributed by atoms with E-state index in [9.17, 15) is 39.6 Å². The summed E-state index contributed by atoms with van der Waals surface area (Å²) in [6.07, 6.45) is -9.75. The number of rotatable bonds is 4. The van der Waals surface area contributed by atoms with E-state index in [-0.39, 0.29) is 28.3 Å². The zero-order chi connectivity index (χ0) is 25.6. The van der Waals surface area contributed by atoms with Crippen LogP contribution < -0.4 is 10.5 Å². The molecule has 1 amide bonds. The van der Waals surface area contributed by atoms with E-state index in [0.29, 0.717) is 12.1 Å². The van der Waals surface area contributed by atoms with Gasteiger partial charge < -0.3 is 9.88 Å². The maximum atomic E-state index is 13.5. The summed E-state index contributed by atoms with van der Waals surface area (Å²) in [5.74, 6) is -0.902. The van der Waals surface area contributed by atoms with Crippen molar-refractivity contribution in [3.05, 3.63) is 76.6 Å². The van der Waals surface area contributed by atoms with Gasteiger partial charge in [-0.05, 0) is 50.2 Å². The number of anilines is 1. The number of nitrogens with two attached hydrogens (primary N) is 1. The molecule has 0 saturated heterocycles. The van der Waals surface area contributed by atoms with Crippen LogP contribution in [-0.2, 0) is 22.4 Å². The number of nitrogens with one attached hydrogen (secondary N) is 1. The number of nitrogens with zero attached hydrogens (tertiary/aromatic N) is 1. The number of hydrogen-bond donors (Lipinski definition) is 2. The molecule has 0 fully saturated rings. The van der Waals surface area contributed by atoms with Gasteiger partial charge in [0.05, 0.1) is 27.3 Å². The lowest BCUT2D eigenvalue weighted by Crippen LogP contribution is -2.20. The molecule has 13 heteroatoms. The van der Waals surface area contributed by atoms with E-state index >= 15 is 0 Å². The first kappa shape index (κ1) is 25.3. The largest absolute Gasteiger partial charge is 0.418 e. The van der Waals surface area contributed by atoms with Crippen molar-refractivity contribution in [3.63, 3.8) is 0 Å². The quantitative estimate of drug-likeness (QED) is 0.487. The number of benzene rings is 2. The molecular formula is C21H17F6N3O3S. The Kier molecular flexibility index (Phi) is 6.31. The van der Waals surface area contributed by atoms with Crippen molar-refractivity contribution in [2.24, 2.45) is 5.14 Å². The molecule has 3 N–H and O–H groups in total. The van der Waals surface area contributed by atoms with E-state index in [4.69, 9.17) is 5.14 Å². The summed E-state index contributed by atoms with van der Waals surface area (Å²) in [6.45, 7) is 2.86. The summed E-state index contributed by atoms with van der Waals surface area (Å²) in [5.41, 5.74) is -2.80. The second-order valence-corrected chi connectivity index (χ2v) is 8.87. The van der Waals surface area contributed by atoms with E-state index < -0.39 is 44.3 Å². The lowest BCUT2D eigenvalue weighted by atomic mass is 10.1. The molecule has 3 rings (SSSR count). The van der Waals surface area contributed by atoms with Crippen LogP contribution >= 0.6 is 0 Å². The van der Waals surface area contributed by atoms with Crippen LogP contribution in [0.4, 0.5) is 32.0 Å². The van der Waals surface area contributed by atoms with Crippen LogP contribution in [0.3, 0.4) is 0 Å². The van der Waals surface area contributed by atoms with Crippen LogP contribution in [0.2, 0.25) is 0 Å². The van der Waals surface area contributed by atoms with Gasteiger partial charge in [-0.25, -0.2) is 13.6 Å². The van der Waals surface area contributed by atoms with Gasteiger partial charge in [0, 0.05) is 17.1 Å². The number of hydrogen-bond acceptors (Lipinski definition) is 3. The number of carbonyl (C=O) groups is 1. The lowest BCUT2D eigenvalue weighted by molar-refractivity contribution is -0.140. The fraction of sp³-hybridized carbons (Fsp3) is 0.190. The third kappa shape index (κ3) is 4.94. The van der Waals surface area contributed by atoms with Gasteiger partial charge >= 0.3 is 12.4 Å². The standard InChI is InChI=1S/C21H17F6N3O3S/c1-11-9-14(12(2)30(11)17-6-4-3-5-15(17)20(22,23)24)19(31)29-13-7-8-18(34(28,32)33)16(10-13)21(25,26)27/h3-10H,1-2H3,(H,29,31)(H2,28,32,33). The smallest absolute Gasteiger partial charge is 0.322 e. The number of aromatic nitrogens is 1. The Bertz CT molecular complexity index is 1380. The van der Waals surface area contributed by atoms with Crippen molar-refractivity contribution < 1.29 is 39.6 Å². The highest BCUT2D eigenvalue weighted by atomic mass is 32.2. The Morgan fingerprint density at radius 1 is 0.912 bits per heavy atom. The Hall–Kier alpha value is -3.32. The molecule has 1 aromatic heterocycles. The fourth-order valence-electron chi connectivity index (χ4n) is 3.55. The van der Waals surface area contributed by atoms with Crippen LogP contribution in [0.25, 0.3) is 5.69 Å². The number of amides is 1. The molecule has 0 aliphatic heterocycles. The van der Waals surface area contributed by atoms with Gasteiger partial charge in [0.15, 0.2) is 0 Å². The molecule has 1 heterocycles. The van der Waals surface area contributed by atoms with Gasteiger partial charge in [-0.2, -0.15) is 26.3 Å². The maximum Gasteiger partial charge on any atom is 0.418 e. The summed E-state index contributed by atoms with van der Waals surface area (Å²) in [7, 11) is -4.70. The third-order valence-electron chi connectivity index (χ3n) is 4.98. The van der Waals surface area contributed by atoms with E-state index in [2.05, 4.69) is 5.32 Å². The number of para-hydroxylation sites is 1. The summed E-state index contributed by atoms with van der Waals surface area (Å²) in [6, 6.07) is 7.97. The average Bonchev–Trinajstić information content (AvgIpc) is 3.00. The molecule has 0 bridgehead atoms. The molecule has 0 unspecified atom stereocenters. The minimum Gasteiger partial charge on any atom is -0.322 e. The van der Waals surface area contributed by atoms with E-state index in [1.807, 2.05) is 0 Å². The summed E-state index contributed by atoms with van der Waals surface area (Å²) < 4.78 is 105. The van der Waals surface area contributed by atoms with Crippen LogP contribution in [-0.4, -0.2) is 18.9 Å². The SMILES string of the molecule is Cc1cc(C(=O)Nc2ccc(S(N)(=O)=O)c(C(F)(F)F)c2)c(C)n1-c1ccccc1C(F)(F)F. The van der Waals surface area contributed by atoms with E-state index in [0.717, 1.165) is 12.1 Å². The fourth-order valence-corrected chi connectivity index (χ4v) is 4.29. The zero-order valence-electron chi connectivity index (χ0n) is 17.5. The number of alkyl halides is 6. The highest BCUT2D eigenvalue weighted by Crippen LogP contribution is 2.37. The summed E-state index contributed by atoms with van der Waals surface area (Å²) >= 11 is 0. The van der Waals surface area contributed by atoms with Gasteiger partial charge in [-0.1, -0.05) is 12.1 Å². The molecule has 0 atom stereocenters. The van der Waals surface area contributed by atoms with Gasteiger partial charge in [0.2, 0.25) is 10.0 Å². The molecule has 0 saturated carbocycles. The monoisotopic (exact) mass is 505 g/mol. The van der Waals surface area contributed by atoms with Crippen molar-refractivity contribution in [2.75, 3.05) is 5.32 Å². The summed E-state index contributed by atoms with van der Waals surface area (Å²) in [5, 5.41) is 7.05. The molecule has 0 spiro atoms. The van der Waals surface area contributed by atoms with Crippen LogP contribution in [0.15, 0.2) is 53.4 Å². The first-order valence-electron chi connectivity index (χ1n) is 9.42. The van der Waals surface area contributed by atoms with Gasteiger partial charge in [-0.3, -0.25) is 4.79 Å². The van der Waals surface area contributed by atoms with Crippen molar-refractivity contribution in [3.8, 4) is 5.69 Å². The molecule has 6 nitrogen and oxygen atoms in total. The molecule has 2 aromatic carbocycles. The second-order valence-electron chi connectivity index (χ2n) is 7.34. The number of carbonyl (C=O) groups excluding carboxylic acids is 1. The van der Waals surface area contributed by atoms with Crippen LogP contribution in [0.5, 0.6) is 0 Å². The van der Waals surface area contributed by atoms with Crippen molar-refractivity contribution >= 4 is 21.6 Å². The molecule has 182 valence electrons. The summed E-state index contributed by atoms with van der Waals surface area (Å²) in [4.78, 5) is 11.6. The highest BCUT2D eigenvalue weighted by Gasteiger charge is 2.37. The third-order valence-corrected chi connectivity index (χ3v) is 5.94. The Labute approximate surface area is 190 Å². The van der Waals surface area contributed by atoms with Crippen molar-refractivity contribution in [1.29, 1.82) is 0 Å². The highest BCUT2D eigenvalue weighted by molar-refractivity contribution is 7.89. The zero-order valence-corrected chi connectivity index (χ0v) is 18.4. The minimum absolute atomic E-state index is 0.0847. The molecule has 3 aromatic rings. The molecular weight excluding hydrogens is 488 g/mol. The Morgan fingerprint density at radius 3 is 2.06 bits per heavy atom. The van der Waals surface area contributed by atoms with Crippen molar-refractivity contribution in [1.82, 2.24) is 4.57 Å². The van der Waals surface area contributed by atoms with Crippen LogP contribution in [0, 0.1) is 13.8 Å². The predicted molar refractivity (Wildman–Crippen MR) is 111 cm³/mol. The van der Waals surface area contributed by atoms with E-state index in [1.165, 1.54) is 42.7 Å². The predicted octanol–water partition coefficient (Wildman–Crippen LogP) is 5.03. The second kappa shape index (κ2) is 8.47. The number of sulfonamides is 1. The van der Waals surface area contributed by atoms with Gasteiger partial charge in [0.1, 0.15) is 0 Å². The first-order chi connectivity index (χ1) is 15.5. The average molecular weight is 505 g/mol. The Balaban J connectivity index is 2.03. The number of halogens is 6. The van der Waals surface area contributed by atoms with Crippen LogP contribution in [0.1, 0.15) is 32.9 Å². The van der Waals surface area contributed by atoms with Crippen molar-refractivity contribution in [2.45, 2.75) is 31.1 Å². The lowest BCUT2D eigenvalue weighted by Gasteiger charge is -2.17. The molecule has 0 aliphatic rings. The molecule has 0 radical (unpaired) electrons. The van der Waals surface area contributed by atoms with E-state index in [1.54, 1.807) is 0 Å².